The average Bonchev–Trinajstić information content (AvgIpc) is 2.91. The van der Waals surface area contributed by atoms with Crippen molar-refractivity contribution in [2.24, 2.45) is 4.99 Å². The molecular weight excluding hydrogens is 322 g/mol. The predicted molar refractivity (Wildman–Crippen MR) is 81.9 cm³/mol. The van der Waals surface area contributed by atoms with Gasteiger partial charge in [-0.3, -0.25) is 0 Å². The van der Waals surface area contributed by atoms with E-state index in [1.54, 1.807) is 0 Å². The van der Waals surface area contributed by atoms with E-state index in [0.717, 1.165) is 28.1 Å². The molecule has 20 heavy (non-hydrogen) atoms. The Morgan fingerprint density at radius 2 is 2.30 bits per heavy atom. The zero-order chi connectivity index (χ0) is 14.4. The maximum absolute atomic E-state index is 5.38. The molecule has 0 amide bonds. The van der Waals surface area contributed by atoms with E-state index in [2.05, 4.69) is 37.5 Å². The van der Waals surface area contributed by atoms with Crippen molar-refractivity contribution in [1.29, 1.82) is 0 Å². The number of ether oxygens (including phenoxy) is 2. The summed E-state index contributed by atoms with van der Waals surface area (Å²) in [5.41, 5.74) is 1.03. The van der Waals surface area contributed by atoms with E-state index < -0.39 is 0 Å². The highest BCUT2D eigenvalue weighted by molar-refractivity contribution is 9.10. The van der Waals surface area contributed by atoms with Crippen molar-refractivity contribution in [2.45, 2.75) is 13.5 Å². The van der Waals surface area contributed by atoms with E-state index in [1.165, 1.54) is 0 Å². The van der Waals surface area contributed by atoms with Crippen LogP contribution >= 0.6 is 15.9 Å². The molecule has 106 valence electrons. The molecule has 0 unspecified atom stereocenters. The molecule has 1 aromatic carbocycles. The van der Waals surface area contributed by atoms with E-state index >= 15 is 0 Å². The average molecular weight is 338 g/mol. The molecule has 0 fully saturated rings. The van der Waals surface area contributed by atoms with Gasteiger partial charge in [0.05, 0.1) is 17.6 Å². The van der Waals surface area contributed by atoms with Gasteiger partial charge in [-0.25, -0.2) is 4.99 Å². The molecule has 0 saturated carbocycles. The van der Waals surface area contributed by atoms with E-state index in [9.17, 15) is 0 Å². The third-order valence-corrected chi connectivity index (χ3v) is 3.20. The summed E-state index contributed by atoms with van der Waals surface area (Å²) >= 11 is 3.47. The Morgan fingerprint density at radius 3 is 3.05 bits per heavy atom. The Hall–Kier alpha value is -1.87. The van der Waals surface area contributed by atoms with Crippen LogP contribution in [0.4, 0.5) is 0 Å². The molecule has 2 rings (SSSR count). The molecule has 1 aromatic rings. The Bertz CT molecular complexity index is 552. The summed E-state index contributed by atoms with van der Waals surface area (Å²) in [7, 11) is 0. The first-order chi connectivity index (χ1) is 9.74. The lowest BCUT2D eigenvalue weighted by Gasteiger charge is -2.09. The summed E-state index contributed by atoms with van der Waals surface area (Å²) in [5.74, 6) is 4.70. The molecule has 0 saturated heterocycles. The number of aliphatic imine (C=N–C) groups is 1. The van der Waals surface area contributed by atoms with Gasteiger partial charge in [0.15, 0.2) is 17.5 Å². The highest BCUT2D eigenvalue weighted by Gasteiger charge is 2.17. The highest BCUT2D eigenvalue weighted by atomic mass is 79.9. The zero-order valence-corrected chi connectivity index (χ0v) is 12.8. The highest BCUT2D eigenvalue weighted by Crippen LogP contribution is 2.40. The van der Waals surface area contributed by atoms with Crippen molar-refractivity contribution in [1.82, 2.24) is 10.6 Å². The number of fused-ring (bicyclic) bond motifs is 1. The maximum Gasteiger partial charge on any atom is 0.231 e. The van der Waals surface area contributed by atoms with Crippen molar-refractivity contribution in [3.05, 3.63) is 22.2 Å². The van der Waals surface area contributed by atoms with E-state index in [0.29, 0.717) is 19.0 Å². The third-order valence-electron chi connectivity index (χ3n) is 2.61. The standard InChI is InChI=1S/C14H16BrN3O2/c1-3-5-17-14(16-4-2)18-8-10-6-11(15)13-12(7-10)19-9-20-13/h1,6-7H,4-5,8-9H2,2H3,(H2,16,17,18). The molecule has 0 radical (unpaired) electrons. The van der Waals surface area contributed by atoms with Crippen molar-refractivity contribution >= 4 is 21.9 Å². The molecule has 0 atom stereocenters. The molecule has 0 bridgehead atoms. The smallest absolute Gasteiger partial charge is 0.231 e. The summed E-state index contributed by atoms with van der Waals surface area (Å²) in [6, 6.07) is 3.91. The van der Waals surface area contributed by atoms with Crippen molar-refractivity contribution in [3.8, 4) is 23.8 Å². The van der Waals surface area contributed by atoms with Crippen molar-refractivity contribution < 1.29 is 9.47 Å². The fraction of sp³-hybridized carbons (Fsp3) is 0.357. The van der Waals surface area contributed by atoms with Crippen molar-refractivity contribution in [3.63, 3.8) is 0 Å². The van der Waals surface area contributed by atoms with Crippen LogP contribution in [0.25, 0.3) is 0 Å². The summed E-state index contributed by atoms with van der Waals surface area (Å²) in [6.07, 6.45) is 5.23. The van der Waals surface area contributed by atoms with Crippen LogP contribution in [-0.4, -0.2) is 25.8 Å². The minimum absolute atomic E-state index is 0.257. The van der Waals surface area contributed by atoms with E-state index in [1.807, 2.05) is 19.1 Å². The molecular formula is C14H16BrN3O2. The Balaban J connectivity index is 2.09. The van der Waals surface area contributed by atoms with Gasteiger partial charge in [-0.05, 0) is 40.5 Å². The number of halogens is 1. The van der Waals surface area contributed by atoms with E-state index in [-0.39, 0.29) is 6.79 Å². The third kappa shape index (κ3) is 3.58. The van der Waals surface area contributed by atoms with Gasteiger partial charge in [0.25, 0.3) is 0 Å². The second-order valence-corrected chi connectivity index (χ2v) is 4.92. The maximum atomic E-state index is 5.38. The fourth-order valence-corrected chi connectivity index (χ4v) is 2.36. The van der Waals surface area contributed by atoms with E-state index in [4.69, 9.17) is 15.9 Å². The topological polar surface area (TPSA) is 54.9 Å². The minimum Gasteiger partial charge on any atom is -0.454 e. The summed E-state index contributed by atoms with van der Waals surface area (Å²) in [6.45, 7) is 4.00. The van der Waals surface area contributed by atoms with Crippen molar-refractivity contribution in [2.75, 3.05) is 19.9 Å². The fourth-order valence-electron chi connectivity index (χ4n) is 1.76. The zero-order valence-electron chi connectivity index (χ0n) is 11.2. The first-order valence-electron chi connectivity index (χ1n) is 6.28. The first-order valence-corrected chi connectivity index (χ1v) is 7.07. The number of nitrogens with zero attached hydrogens (tertiary/aromatic N) is 1. The molecule has 0 aliphatic carbocycles. The normalized spacial score (nSPS) is 12.9. The van der Waals surface area contributed by atoms with Gasteiger partial charge in [0.1, 0.15) is 0 Å². The van der Waals surface area contributed by atoms with Gasteiger partial charge in [-0.15, -0.1) is 6.42 Å². The summed E-state index contributed by atoms with van der Waals surface area (Å²) in [4.78, 5) is 4.47. The van der Waals surface area contributed by atoms with Gasteiger partial charge in [-0.1, -0.05) is 5.92 Å². The lowest BCUT2D eigenvalue weighted by atomic mass is 10.2. The number of guanidine groups is 1. The van der Waals surface area contributed by atoms with Gasteiger partial charge in [0.2, 0.25) is 6.79 Å². The quantitative estimate of drug-likeness (QED) is 0.500. The van der Waals surface area contributed by atoms with Gasteiger partial charge < -0.3 is 20.1 Å². The van der Waals surface area contributed by atoms with Crippen LogP contribution in [0.3, 0.4) is 0 Å². The number of hydrogen-bond donors (Lipinski definition) is 2. The SMILES string of the molecule is C#CCNC(=NCc1cc(Br)c2c(c1)OCO2)NCC. The van der Waals surface area contributed by atoms with Crippen LogP contribution in [-0.2, 0) is 6.54 Å². The second-order valence-electron chi connectivity index (χ2n) is 4.06. The van der Waals surface area contributed by atoms with Crippen LogP contribution in [0, 0.1) is 12.3 Å². The molecule has 1 heterocycles. The first kappa shape index (κ1) is 14.5. The number of rotatable bonds is 4. The Labute approximate surface area is 126 Å². The van der Waals surface area contributed by atoms with Crippen LogP contribution < -0.4 is 20.1 Å². The molecule has 1 aliphatic heterocycles. The van der Waals surface area contributed by atoms with Gasteiger partial charge in [0, 0.05) is 6.54 Å². The molecule has 1 aliphatic rings. The molecule has 0 spiro atoms. The number of benzene rings is 1. The number of hydrogen-bond acceptors (Lipinski definition) is 3. The Morgan fingerprint density at radius 1 is 1.45 bits per heavy atom. The molecule has 2 N–H and O–H groups in total. The largest absolute Gasteiger partial charge is 0.454 e. The monoisotopic (exact) mass is 337 g/mol. The number of nitrogens with one attached hydrogen (secondary N) is 2. The summed E-state index contributed by atoms with van der Waals surface area (Å²) < 4.78 is 11.6. The van der Waals surface area contributed by atoms with Crippen LogP contribution in [0.2, 0.25) is 0 Å². The molecule has 6 heteroatoms. The lowest BCUT2D eigenvalue weighted by Crippen LogP contribution is -2.37. The van der Waals surface area contributed by atoms with Gasteiger partial charge >= 0.3 is 0 Å². The lowest BCUT2D eigenvalue weighted by molar-refractivity contribution is 0.173. The van der Waals surface area contributed by atoms with Gasteiger partial charge in [-0.2, -0.15) is 0 Å². The van der Waals surface area contributed by atoms with Crippen LogP contribution in [0.15, 0.2) is 21.6 Å². The predicted octanol–water partition coefficient (Wildman–Crippen LogP) is 1.87. The second kappa shape index (κ2) is 7.06. The van der Waals surface area contributed by atoms with Crippen LogP contribution in [0.5, 0.6) is 11.5 Å². The van der Waals surface area contributed by atoms with Crippen LogP contribution in [0.1, 0.15) is 12.5 Å². The summed E-state index contributed by atoms with van der Waals surface area (Å²) in [5, 5.41) is 6.17. The molecule has 5 nitrogen and oxygen atoms in total. The number of terminal acetylenes is 1. The molecule has 0 aromatic heterocycles. The Kier molecular flexibility index (Phi) is 5.13. The minimum atomic E-state index is 0.257.